The standard InChI is InChI=1S/C13H15BrN4OS/c14-11-7-10(4-1-8(11)5-6-15)20-13-17-16-12(19)18(13)9-2-3-9/h1,4,7,9H,2-3,5-6,15H2,(H,16,19). The maximum Gasteiger partial charge on any atom is 0.344 e. The predicted molar refractivity (Wildman–Crippen MR) is 82.1 cm³/mol. The first-order chi connectivity index (χ1) is 9.69. The molecular formula is C13H15BrN4OS. The van der Waals surface area contributed by atoms with Crippen molar-refractivity contribution in [3.63, 3.8) is 0 Å². The molecule has 2 aromatic rings. The quantitative estimate of drug-likeness (QED) is 0.863. The van der Waals surface area contributed by atoms with Crippen LogP contribution in [0.5, 0.6) is 0 Å². The number of rotatable bonds is 5. The van der Waals surface area contributed by atoms with Crippen LogP contribution in [-0.4, -0.2) is 21.3 Å². The zero-order valence-electron chi connectivity index (χ0n) is 10.8. The van der Waals surface area contributed by atoms with Crippen LogP contribution in [0.25, 0.3) is 0 Å². The van der Waals surface area contributed by atoms with Gasteiger partial charge in [-0.05, 0) is 55.3 Å². The molecule has 0 unspecified atom stereocenters. The van der Waals surface area contributed by atoms with E-state index in [1.165, 1.54) is 17.3 Å². The Labute approximate surface area is 129 Å². The van der Waals surface area contributed by atoms with Crippen LogP contribution < -0.4 is 11.4 Å². The van der Waals surface area contributed by atoms with E-state index in [9.17, 15) is 4.79 Å². The number of H-pyrrole nitrogens is 1. The lowest BCUT2D eigenvalue weighted by molar-refractivity contribution is 0.642. The van der Waals surface area contributed by atoms with Gasteiger partial charge in [0.1, 0.15) is 0 Å². The van der Waals surface area contributed by atoms with Gasteiger partial charge in [0.25, 0.3) is 0 Å². The van der Waals surface area contributed by atoms with Crippen LogP contribution in [0.3, 0.4) is 0 Å². The second kappa shape index (κ2) is 5.75. The minimum Gasteiger partial charge on any atom is -0.330 e. The molecule has 5 nitrogen and oxygen atoms in total. The Morgan fingerprint density at radius 2 is 2.30 bits per heavy atom. The minimum absolute atomic E-state index is 0.117. The van der Waals surface area contributed by atoms with Gasteiger partial charge in [-0.25, -0.2) is 9.89 Å². The highest BCUT2D eigenvalue weighted by Crippen LogP contribution is 2.38. The fourth-order valence-corrected chi connectivity index (χ4v) is 3.75. The van der Waals surface area contributed by atoms with Crippen molar-refractivity contribution >= 4 is 27.7 Å². The molecule has 106 valence electrons. The molecule has 1 aliphatic carbocycles. The van der Waals surface area contributed by atoms with Gasteiger partial charge in [-0.1, -0.05) is 22.0 Å². The van der Waals surface area contributed by atoms with E-state index in [0.29, 0.717) is 12.6 Å². The Morgan fingerprint density at radius 1 is 1.50 bits per heavy atom. The molecule has 0 amide bonds. The molecule has 0 spiro atoms. The lowest BCUT2D eigenvalue weighted by Gasteiger charge is -2.07. The van der Waals surface area contributed by atoms with Crippen molar-refractivity contribution in [3.05, 3.63) is 38.7 Å². The van der Waals surface area contributed by atoms with Crippen LogP contribution >= 0.6 is 27.7 Å². The highest BCUT2D eigenvalue weighted by molar-refractivity contribution is 9.10. The number of nitrogens with one attached hydrogen (secondary N) is 1. The minimum atomic E-state index is -0.117. The molecular weight excluding hydrogens is 340 g/mol. The van der Waals surface area contributed by atoms with E-state index in [1.54, 1.807) is 4.57 Å². The van der Waals surface area contributed by atoms with Gasteiger partial charge in [-0.15, -0.1) is 5.10 Å². The first-order valence-corrected chi connectivity index (χ1v) is 8.13. The summed E-state index contributed by atoms with van der Waals surface area (Å²) >= 11 is 5.06. The Balaban J connectivity index is 1.84. The second-order valence-electron chi connectivity index (χ2n) is 4.81. The van der Waals surface area contributed by atoms with Crippen LogP contribution in [0.2, 0.25) is 0 Å². The van der Waals surface area contributed by atoms with Gasteiger partial charge in [0, 0.05) is 15.4 Å². The summed E-state index contributed by atoms with van der Waals surface area (Å²) in [4.78, 5) is 12.8. The van der Waals surface area contributed by atoms with Crippen LogP contribution in [0.4, 0.5) is 0 Å². The Hall–Kier alpha value is -1.05. The Morgan fingerprint density at radius 3 is 2.95 bits per heavy atom. The summed E-state index contributed by atoms with van der Waals surface area (Å²) in [6, 6.07) is 6.47. The largest absolute Gasteiger partial charge is 0.344 e. The molecule has 3 rings (SSSR count). The van der Waals surface area contributed by atoms with E-state index in [0.717, 1.165) is 33.8 Å². The van der Waals surface area contributed by atoms with Crippen molar-refractivity contribution in [3.8, 4) is 0 Å². The van der Waals surface area contributed by atoms with E-state index >= 15 is 0 Å². The highest BCUT2D eigenvalue weighted by Gasteiger charge is 2.28. The normalized spacial score (nSPS) is 14.7. The Kier molecular flexibility index (Phi) is 4.00. The zero-order valence-corrected chi connectivity index (χ0v) is 13.2. The summed E-state index contributed by atoms with van der Waals surface area (Å²) in [7, 11) is 0. The predicted octanol–water partition coefficient (Wildman–Crippen LogP) is 2.32. The lowest BCUT2D eigenvalue weighted by atomic mass is 10.1. The molecule has 7 heteroatoms. The molecule has 1 saturated carbocycles. The number of hydrogen-bond acceptors (Lipinski definition) is 4. The van der Waals surface area contributed by atoms with Crippen LogP contribution in [0.15, 0.2) is 37.5 Å². The summed E-state index contributed by atoms with van der Waals surface area (Å²) < 4.78 is 2.80. The monoisotopic (exact) mass is 354 g/mol. The average Bonchev–Trinajstić information content (AvgIpc) is 3.18. The molecule has 20 heavy (non-hydrogen) atoms. The zero-order chi connectivity index (χ0) is 14.1. The van der Waals surface area contributed by atoms with Crippen molar-refractivity contribution in [1.29, 1.82) is 0 Å². The van der Waals surface area contributed by atoms with Crippen molar-refractivity contribution in [2.45, 2.75) is 35.4 Å². The summed E-state index contributed by atoms with van der Waals surface area (Å²) in [5.74, 6) is 0. The Bertz CT molecular complexity index is 677. The number of aromatic amines is 1. The van der Waals surface area contributed by atoms with Crippen molar-refractivity contribution in [2.24, 2.45) is 5.73 Å². The molecule has 0 saturated heterocycles. The molecule has 0 radical (unpaired) electrons. The van der Waals surface area contributed by atoms with Crippen molar-refractivity contribution in [1.82, 2.24) is 14.8 Å². The van der Waals surface area contributed by atoms with Gasteiger partial charge in [0.15, 0.2) is 5.16 Å². The van der Waals surface area contributed by atoms with E-state index < -0.39 is 0 Å². The summed E-state index contributed by atoms with van der Waals surface area (Å²) in [5.41, 5.74) is 6.65. The van der Waals surface area contributed by atoms with Crippen LogP contribution in [0, 0.1) is 0 Å². The molecule has 0 bridgehead atoms. The second-order valence-corrected chi connectivity index (χ2v) is 6.70. The van der Waals surface area contributed by atoms with E-state index in [2.05, 4.69) is 32.2 Å². The maximum atomic E-state index is 11.7. The molecule has 0 atom stereocenters. The van der Waals surface area contributed by atoms with Crippen molar-refractivity contribution in [2.75, 3.05) is 6.54 Å². The maximum absolute atomic E-state index is 11.7. The number of nitrogens with zero attached hydrogens (tertiary/aromatic N) is 2. The third kappa shape index (κ3) is 2.84. The first-order valence-electron chi connectivity index (χ1n) is 6.52. The third-order valence-electron chi connectivity index (χ3n) is 3.23. The fourth-order valence-electron chi connectivity index (χ4n) is 2.07. The van der Waals surface area contributed by atoms with E-state index in [1.807, 2.05) is 12.1 Å². The van der Waals surface area contributed by atoms with Gasteiger partial charge in [0.2, 0.25) is 0 Å². The highest BCUT2D eigenvalue weighted by atomic mass is 79.9. The van der Waals surface area contributed by atoms with Crippen LogP contribution in [0.1, 0.15) is 24.4 Å². The van der Waals surface area contributed by atoms with E-state index in [4.69, 9.17) is 5.73 Å². The average molecular weight is 355 g/mol. The van der Waals surface area contributed by atoms with Gasteiger partial charge in [-0.3, -0.25) is 4.57 Å². The summed E-state index contributed by atoms with van der Waals surface area (Å²) in [6.45, 7) is 0.631. The molecule has 1 aromatic carbocycles. The van der Waals surface area contributed by atoms with Crippen molar-refractivity contribution < 1.29 is 0 Å². The topological polar surface area (TPSA) is 76.7 Å². The first kappa shape index (κ1) is 13.9. The summed E-state index contributed by atoms with van der Waals surface area (Å²) in [5, 5.41) is 7.38. The SMILES string of the molecule is NCCc1ccc(Sc2n[nH]c(=O)n2C2CC2)cc1Br. The van der Waals surface area contributed by atoms with Crippen LogP contribution in [-0.2, 0) is 6.42 Å². The molecule has 0 aliphatic heterocycles. The number of aromatic nitrogens is 3. The molecule has 1 aliphatic rings. The number of nitrogens with two attached hydrogens (primary N) is 1. The van der Waals surface area contributed by atoms with Gasteiger partial charge in [-0.2, -0.15) is 0 Å². The van der Waals surface area contributed by atoms with Gasteiger partial charge in [0.05, 0.1) is 0 Å². The van der Waals surface area contributed by atoms with Gasteiger partial charge < -0.3 is 5.73 Å². The molecule has 3 N–H and O–H groups in total. The molecule has 1 aromatic heterocycles. The van der Waals surface area contributed by atoms with Gasteiger partial charge >= 0.3 is 5.69 Å². The number of halogens is 1. The number of hydrogen-bond donors (Lipinski definition) is 2. The molecule has 1 heterocycles. The lowest BCUT2D eigenvalue weighted by Crippen LogP contribution is -2.15. The fraction of sp³-hybridized carbons (Fsp3) is 0.385. The summed E-state index contributed by atoms with van der Waals surface area (Å²) in [6.07, 6.45) is 2.97. The third-order valence-corrected chi connectivity index (χ3v) is 4.93. The smallest absolute Gasteiger partial charge is 0.330 e. The number of benzene rings is 1. The molecule has 1 fully saturated rings. The van der Waals surface area contributed by atoms with E-state index in [-0.39, 0.29) is 5.69 Å².